The number of amides is 2. The van der Waals surface area contributed by atoms with Gasteiger partial charge in [0.15, 0.2) is 5.13 Å². The third-order valence-corrected chi connectivity index (χ3v) is 7.31. The zero-order chi connectivity index (χ0) is 26.0. The van der Waals surface area contributed by atoms with Gasteiger partial charge in [0.05, 0.1) is 30.2 Å². The minimum atomic E-state index is -0.381. The molecule has 1 unspecified atom stereocenters. The lowest BCUT2D eigenvalue weighted by molar-refractivity contribution is -0.115. The Bertz CT molecular complexity index is 1490. The fourth-order valence-electron chi connectivity index (χ4n) is 4.40. The quantitative estimate of drug-likeness (QED) is 0.344. The molecule has 0 saturated heterocycles. The van der Waals surface area contributed by atoms with Crippen LogP contribution in [-0.4, -0.2) is 50.0 Å². The van der Waals surface area contributed by atoms with Gasteiger partial charge in [0.1, 0.15) is 12.0 Å². The number of nitrogens with one attached hydrogen (secondary N) is 2. The molecule has 0 fully saturated rings. The summed E-state index contributed by atoms with van der Waals surface area (Å²) in [6, 6.07) is 13.0. The van der Waals surface area contributed by atoms with Crippen LogP contribution in [0.3, 0.4) is 0 Å². The van der Waals surface area contributed by atoms with Crippen LogP contribution in [0.5, 0.6) is 0 Å². The maximum atomic E-state index is 12.7. The van der Waals surface area contributed by atoms with E-state index in [9.17, 15) is 14.7 Å². The molecule has 4 aromatic rings. The molecule has 5 rings (SSSR count). The van der Waals surface area contributed by atoms with Gasteiger partial charge in [-0.3, -0.25) is 9.59 Å². The summed E-state index contributed by atoms with van der Waals surface area (Å²) in [4.78, 5) is 42.7. The Morgan fingerprint density at radius 3 is 2.65 bits per heavy atom. The van der Waals surface area contributed by atoms with Crippen molar-refractivity contribution in [1.29, 1.82) is 0 Å². The van der Waals surface area contributed by atoms with E-state index in [0.29, 0.717) is 27.8 Å². The van der Waals surface area contributed by atoms with Gasteiger partial charge in [-0.2, -0.15) is 0 Å². The predicted molar refractivity (Wildman–Crippen MR) is 141 cm³/mol. The number of rotatable bonds is 7. The van der Waals surface area contributed by atoms with Crippen molar-refractivity contribution in [2.75, 3.05) is 18.5 Å². The zero-order valence-corrected chi connectivity index (χ0v) is 21.3. The number of aryl methyl sites for hydroxylation is 2. The van der Waals surface area contributed by atoms with Crippen molar-refractivity contribution < 1.29 is 14.7 Å². The molecule has 0 saturated carbocycles. The number of benzene rings is 1. The zero-order valence-electron chi connectivity index (χ0n) is 20.5. The summed E-state index contributed by atoms with van der Waals surface area (Å²) in [5.41, 5.74) is 5.83. The third kappa shape index (κ3) is 5.25. The molecule has 9 nitrogen and oxygen atoms in total. The van der Waals surface area contributed by atoms with Crippen LogP contribution < -0.4 is 10.6 Å². The first-order valence-corrected chi connectivity index (χ1v) is 12.8. The molecule has 37 heavy (non-hydrogen) atoms. The number of thiazole rings is 1. The molecule has 1 aromatic carbocycles. The highest BCUT2D eigenvalue weighted by Gasteiger charge is 2.34. The van der Waals surface area contributed by atoms with Gasteiger partial charge in [-0.25, -0.2) is 19.9 Å². The highest BCUT2D eigenvalue weighted by molar-refractivity contribution is 7.14. The molecule has 0 aliphatic heterocycles. The number of pyridine rings is 1. The molecule has 0 radical (unpaired) electrons. The molecular weight excluding hydrogens is 488 g/mol. The number of aliphatic hydroxyl groups is 1. The summed E-state index contributed by atoms with van der Waals surface area (Å²) in [6.07, 6.45) is 3.24. The number of carbonyl (C=O) groups is 2. The van der Waals surface area contributed by atoms with Crippen molar-refractivity contribution in [2.45, 2.75) is 32.1 Å². The average Bonchev–Trinajstić information content (AvgIpc) is 3.52. The molecule has 0 bridgehead atoms. The average molecular weight is 515 g/mol. The van der Waals surface area contributed by atoms with E-state index in [1.165, 1.54) is 17.7 Å². The second-order valence-electron chi connectivity index (χ2n) is 9.31. The van der Waals surface area contributed by atoms with Gasteiger partial charge in [0, 0.05) is 22.1 Å². The van der Waals surface area contributed by atoms with Crippen LogP contribution in [0.25, 0.3) is 22.8 Å². The fraction of sp³-hybridized carbons (Fsp3) is 0.259. The molecule has 0 spiro atoms. The van der Waals surface area contributed by atoms with Crippen LogP contribution in [-0.2, 0) is 16.6 Å². The Kier molecular flexibility index (Phi) is 6.77. The highest BCUT2D eigenvalue weighted by Crippen LogP contribution is 2.38. The Balaban J connectivity index is 1.21. The second-order valence-corrected chi connectivity index (χ2v) is 10.2. The van der Waals surface area contributed by atoms with Gasteiger partial charge in [0.25, 0.3) is 5.91 Å². The molecule has 1 aliphatic rings. The molecule has 2 amide bonds. The van der Waals surface area contributed by atoms with E-state index in [1.54, 1.807) is 6.07 Å². The molecule has 3 aromatic heterocycles. The number of fused-ring (bicyclic) bond motifs is 1. The van der Waals surface area contributed by atoms with E-state index in [1.807, 2.05) is 55.6 Å². The smallest absolute Gasteiger partial charge is 0.251 e. The lowest BCUT2D eigenvalue weighted by Gasteiger charge is -2.22. The van der Waals surface area contributed by atoms with Gasteiger partial charge in [-0.15, -0.1) is 11.3 Å². The largest absolute Gasteiger partial charge is 0.395 e. The van der Waals surface area contributed by atoms with Gasteiger partial charge in [0.2, 0.25) is 5.91 Å². The number of hydrogen-bond acceptors (Lipinski definition) is 8. The standard InChI is InChI=1S/C27H26N6O3S/c1-16-10-22(30-15-29-16)20-4-3-5-21(31-20)23-13-37-26(32-23)33-24(35)12-28-25(36)18-7-6-17-8-9-27(2,14-34)19(17)11-18/h3-7,10-11,13,15,34H,8-9,12,14H2,1-2H3,(H,28,36)(H,32,33,35). The van der Waals surface area contributed by atoms with Gasteiger partial charge in [-0.1, -0.05) is 19.1 Å². The number of aliphatic hydroxyl groups excluding tert-OH is 1. The maximum absolute atomic E-state index is 12.7. The lowest BCUT2D eigenvalue weighted by atomic mass is 9.84. The first-order chi connectivity index (χ1) is 17.8. The predicted octanol–water partition coefficient (Wildman–Crippen LogP) is 3.54. The van der Waals surface area contributed by atoms with E-state index in [-0.39, 0.29) is 30.4 Å². The van der Waals surface area contributed by atoms with E-state index >= 15 is 0 Å². The number of aromatic nitrogens is 4. The molecule has 188 valence electrons. The number of anilines is 1. The molecule has 1 atom stereocenters. The first kappa shape index (κ1) is 24.7. The number of nitrogens with zero attached hydrogens (tertiary/aromatic N) is 4. The Morgan fingerprint density at radius 2 is 1.86 bits per heavy atom. The van der Waals surface area contributed by atoms with Crippen molar-refractivity contribution in [3.8, 4) is 22.8 Å². The number of hydrogen-bond donors (Lipinski definition) is 3. The van der Waals surface area contributed by atoms with Gasteiger partial charge >= 0.3 is 0 Å². The van der Waals surface area contributed by atoms with Crippen LogP contribution in [0.2, 0.25) is 0 Å². The summed E-state index contributed by atoms with van der Waals surface area (Å²) in [7, 11) is 0. The summed E-state index contributed by atoms with van der Waals surface area (Å²) < 4.78 is 0. The summed E-state index contributed by atoms with van der Waals surface area (Å²) in [5, 5.41) is 17.4. The van der Waals surface area contributed by atoms with Crippen molar-refractivity contribution in [3.63, 3.8) is 0 Å². The Labute approximate surface area is 218 Å². The van der Waals surface area contributed by atoms with Crippen LogP contribution in [0.15, 0.2) is 54.2 Å². The lowest BCUT2D eigenvalue weighted by Crippen LogP contribution is -2.33. The fourth-order valence-corrected chi connectivity index (χ4v) is 5.12. The van der Waals surface area contributed by atoms with Gasteiger partial charge < -0.3 is 15.7 Å². The summed E-state index contributed by atoms with van der Waals surface area (Å²) in [6.45, 7) is 3.73. The minimum absolute atomic E-state index is 0.0311. The van der Waals surface area contributed by atoms with Crippen LogP contribution in [0.4, 0.5) is 5.13 Å². The maximum Gasteiger partial charge on any atom is 0.251 e. The van der Waals surface area contributed by atoms with Crippen molar-refractivity contribution in [3.05, 3.63) is 76.6 Å². The van der Waals surface area contributed by atoms with Gasteiger partial charge in [-0.05, 0) is 61.2 Å². The third-order valence-electron chi connectivity index (χ3n) is 6.56. The topological polar surface area (TPSA) is 130 Å². The number of carbonyl (C=O) groups excluding carboxylic acids is 2. The monoisotopic (exact) mass is 514 g/mol. The van der Waals surface area contributed by atoms with Crippen molar-refractivity contribution >= 4 is 28.3 Å². The van der Waals surface area contributed by atoms with Crippen LogP contribution in [0, 0.1) is 6.92 Å². The second kappa shape index (κ2) is 10.2. The van der Waals surface area contributed by atoms with Crippen molar-refractivity contribution in [1.82, 2.24) is 25.3 Å². The Hall–Kier alpha value is -4.02. The first-order valence-electron chi connectivity index (χ1n) is 11.9. The van der Waals surface area contributed by atoms with E-state index in [2.05, 4.69) is 30.6 Å². The molecule has 3 heterocycles. The minimum Gasteiger partial charge on any atom is -0.395 e. The summed E-state index contributed by atoms with van der Waals surface area (Å²) in [5.74, 6) is -0.722. The Morgan fingerprint density at radius 1 is 1.05 bits per heavy atom. The molecular formula is C27H26N6O3S. The normalized spacial score (nSPS) is 16.3. The summed E-state index contributed by atoms with van der Waals surface area (Å²) >= 11 is 1.28. The van der Waals surface area contributed by atoms with E-state index in [4.69, 9.17) is 0 Å². The molecule has 3 N–H and O–H groups in total. The van der Waals surface area contributed by atoms with Crippen LogP contribution >= 0.6 is 11.3 Å². The molecule has 10 heteroatoms. The SMILES string of the molecule is Cc1cc(-c2cccc(-c3csc(NC(=O)CNC(=O)c4ccc5c(c4)C(C)(CO)CC5)n3)n2)ncn1. The highest BCUT2D eigenvalue weighted by atomic mass is 32.1. The van der Waals surface area contributed by atoms with E-state index < -0.39 is 0 Å². The van der Waals surface area contributed by atoms with Crippen LogP contribution in [0.1, 0.15) is 40.5 Å². The molecule has 1 aliphatic carbocycles. The van der Waals surface area contributed by atoms with Crippen molar-refractivity contribution in [2.24, 2.45) is 0 Å². The van der Waals surface area contributed by atoms with E-state index in [0.717, 1.165) is 35.4 Å².